The lowest BCUT2D eigenvalue weighted by Crippen LogP contribution is -2.50. The Morgan fingerprint density at radius 3 is 2.58 bits per heavy atom. The molecule has 1 aromatic carbocycles. The monoisotopic (exact) mass is 330 g/mol. The zero-order valence-corrected chi connectivity index (χ0v) is 13.9. The third kappa shape index (κ3) is 3.50. The van der Waals surface area contributed by atoms with E-state index in [9.17, 15) is 9.59 Å². The number of hydrogen-bond donors (Lipinski definition) is 0. The number of aromatic nitrogens is 2. The van der Waals surface area contributed by atoms with E-state index in [-0.39, 0.29) is 12.0 Å². The fourth-order valence-corrected chi connectivity index (χ4v) is 2.92. The van der Waals surface area contributed by atoms with Crippen LogP contribution in [0.1, 0.15) is 13.3 Å². The summed E-state index contributed by atoms with van der Waals surface area (Å²) in [6.07, 6.45) is 1.91. The van der Waals surface area contributed by atoms with Gasteiger partial charge in [0.05, 0.1) is 24.0 Å². The van der Waals surface area contributed by atoms with Gasteiger partial charge in [-0.25, -0.2) is 9.78 Å². The van der Waals surface area contributed by atoms with Crippen molar-refractivity contribution in [1.29, 1.82) is 0 Å². The molecule has 0 spiro atoms. The molecule has 1 aromatic heterocycles. The maximum atomic E-state index is 12.4. The Hall–Kier alpha value is -2.57. The first-order valence-electron chi connectivity index (χ1n) is 8.28. The van der Waals surface area contributed by atoms with Crippen molar-refractivity contribution in [1.82, 2.24) is 19.4 Å². The van der Waals surface area contributed by atoms with E-state index >= 15 is 0 Å². The fraction of sp³-hybridized carbons (Fsp3) is 0.471. The number of aryl methyl sites for hydroxylation is 1. The summed E-state index contributed by atoms with van der Waals surface area (Å²) in [6.45, 7) is 4.94. The Morgan fingerprint density at radius 1 is 1.12 bits per heavy atom. The highest BCUT2D eigenvalue weighted by molar-refractivity contribution is 5.78. The van der Waals surface area contributed by atoms with Gasteiger partial charge in [0.2, 0.25) is 5.91 Å². The Kier molecular flexibility index (Phi) is 4.98. The third-order valence-electron chi connectivity index (χ3n) is 4.25. The summed E-state index contributed by atoms with van der Waals surface area (Å²) in [4.78, 5) is 31.9. The average Bonchev–Trinajstić information content (AvgIpc) is 3.03. The van der Waals surface area contributed by atoms with Crippen molar-refractivity contribution < 1.29 is 14.3 Å². The van der Waals surface area contributed by atoms with E-state index in [1.54, 1.807) is 18.2 Å². The molecule has 1 saturated heterocycles. The SMILES string of the molecule is CCOC(=O)N1CCN(C(=O)CCn2cnc3ccccc32)CC1. The van der Waals surface area contributed by atoms with Gasteiger partial charge in [0.15, 0.2) is 0 Å². The second-order valence-electron chi connectivity index (χ2n) is 5.74. The lowest BCUT2D eigenvalue weighted by Gasteiger charge is -2.34. The topological polar surface area (TPSA) is 67.7 Å². The Labute approximate surface area is 140 Å². The van der Waals surface area contributed by atoms with E-state index in [1.165, 1.54) is 0 Å². The Bertz CT molecular complexity index is 719. The number of carbonyl (C=O) groups is 2. The molecule has 24 heavy (non-hydrogen) atoms. The highest BCUT2D eigenvalue weighted by atomic mass is 16.6. The van der Waals surface area contributed by atoms with E-state index in [1.807, 2.05) is 33.7 Å². The number of ether oxygens (including phenoxy) is 1. The zero-order chi connectivity index (χ0) is 16.9. The van der Waals surface area contributed by atoms with Gasteiger partial charge in [0.1, 0.15) is 0 Å². The molecule has 0 radical (unpaired) electrons. The molecule has 0 unspecified atom stereocenters. The lowest BCUT2D eigenvalue weighted by molar-refractivity contribution is -0.133. The molecule has 1 aliphatic rings. The Morgan fingerprint density at radius 2 is 1.83 bits per heavy atom. The predicted molar refractivity (Wildman–Crippen MR) is 89.5 cm³/mol. The van der Waals surface area contributed by atoms with Crippen LogP contribution in [0.25, 0.3) is 11.0 Å². The van der Waals surface area contributed by atoms with Gasteiger partial charge in [-0.15, -0.1) is 0 Å². The number of nitrogens with zero attached hydrogens (tertiary/aromatic N) is 4. The van der Waals surface area contributed by atoms with Crippen molar-refractivity contribution in [3.63, 3.8) is 0 Å². The minimum atomic E-state index is -0.297. The van der Waals surface area contributed by atoms with Crippen molar-refractivity contribution >= 4 is 23.0 Å². The van der Waals surface area contributed by atoms with E-state index in [2.05, 4.69) is 4.98 Å². The summed E-state index contributed by atoms with van der Waals surface area (Å²) in [5.41, 5.74) is 1.98. The normalized spacial score (nSPS) is 14.9. The minimum absolute atomic E-state index is 0.108. The van der Waals surface area contributed by atoms with Crippen LogP contribution < -0.4 is 0 Å². The highest BCUT2D eigenvalue weighted by Gasteiger charge is 2.24. The summed E-state index contributed by atoms with van der Waals surface area (Å²) < 4.78 is 6.99. The molecule has 128 valence electrons. The van der Waals surface area contributed by atoms with Crippen molar-refractivity contribution in [3.05, 3.63) is 30.6 Å². The van der Waals surface area contributed by atoms with Crippen LogP contribution in [0, 0.1) is 0 Å². The van der Waals surface area contributed by atoms with Gasteiger partial charge < -0.3 is 19.1 Å². The van der Waals surface area contributed by atoms with Crippen LogP contribution >= 0.6 is 0 Å². The molecule has 0 bridgehead atoms. The molecule has 1 aliphatic heterocycles. The van der Waals surface area contributed by atoms with Gasteiger partial charge in [-0.2, -0.15) is 0 Å². The van der Waals surface area contributed by atoms with Crippen molar-refractivity contribution in [2.45, 2.75) is 19.9 Å². The summed E-state index contributed by atoms with van der Waals surface area (Å²) in [5, 5.41) is 0. The van der Waals surface area contributed by atoms with Crippen molar-refractivity contribution in [2.75, 3.05) is 32.8 Å². The smallest absolute Gasteiger partial charge is 0.409 e. The first kappa shape index (κ1) is 16.3. The lowest BCUT2D eigenvalue weighted by atomic mass is 10.2. The summed E-state index contributed by atoms with van der Waals surface area (Å²) in [5.74, 6) is 0.108. The van der Waals surface area contributed by atoms with E-state index in [4.69, 9.17) is 4.74 Å². The van der Waals surface area contributed by atoms with Crippen molar-refractivity contribution in [2.24, 2.45) is 0 Å². The van der Waals surface area contributed by atoms with E-state index in [0.717, 1.165) is 11.0 Å². The van der Waals surface area contributed by atoms with Crippen LogP contribution in [-0.4, -0.2) is 64.1 Å². The second-order valence-corrected chi connectivity index (χ2v) is 5.74. The predicted octanol–water partition coefficient (Wildman–Crippen LogP) is 1.73. The maximum absolute atomic E-state index is 12.4. The van der Waals surface area contributed by atoms with Crippen LogP contribution in [-0.2, 0) is 16.1 Å². The highest BCUT2D eigenvalue weighted by Crippen LogP contribution is 2.13. The van der Waals surface area contributed by atoms with Gasteiger partial charge in [0, 0.05) is 39.1 Å². The number of carbonyl (C=O) groups excluding carboxylic acids is 2. The van der Waals surface area contributed by atoms with Crippen LogP contribution in [0.5, 0.6) is 0 Å². The third-order valence-corrected chi connectivity index (χ3v) is 4.25. The van der Waals surface area contributed by atoms with Crippen LogP contribution in [0.15, 0.2) is 30.6 Å². The average molecular weight is 330 g/mol. The molecule has 7 nitrogen and oxygen atoms in total. The molecular weight excluding hydrogens is 308 g/mol. The quantitative estimate of drug-likeness (QED) is 0.856. The number of para-hydroxylation sites is 2. The molecular formula is C17H22N4O3. The van der Waals surface area contributed by atoms with Gasteiger partial charge in [0.25, 0.3) is 0 Å². The van der Waals surface area contributed by atoms with Gasteiger partial charge in [-0.05, 0) is 19.1 Å². The number of amides is 2. The first-order valence-corrected chi connectivity index (χ1v) is 8.28. The number of benzene rings is 1. The minimum Gasteiger partial charge on any atom is -0.450 e. The standard InChI is InChI=1S/C17H22N4O3/c1-2-24-17(23)20-11-9-19(10-12-20)16(22)7-8-21-13-18-14-5-3-4-6-15(14)21/h3-6,13H,2,7-12H2,1H3. The van der Waals surface area contributed by atoms with Crippen LogP contribution in [0.3, 0.4) is 0 Å². The molecule has 0 aliphatic carbocycles. The maximum Gasteiger partial charge on any atom is 0.409 e. The molecule has 2 aromatic rings. The Balaban J connectivity index is 1.50. The van der Waals surface area contributed by atoms with Crippen molar-refractivity contribution in [3.8, 4) is 0 Å². The second kappa shape index (κ2) is 7.33. The summed E-state index contributed by atoms with van der Waals surface area (Å²) in [6, 6.07) is 7.89. The van der Waals surface area contributed by atoms with Gasteiger partial charge in [-0.3, -0.25) is 4.79 Å². The molecule has 7 heteroatoms. The molecule has 3 rings (SSSR count). The zero-order valence-electron chi connectivity index (χ0n) is 13.9. The first-order chi connectivity index (χ1) is 11.7. The fourth-order valence-electron chi connectivity index (χ4n) is 2.92. The number of piperazine rings is 1. The number of rotatable bonds is 4. The van der Waals surface area contributed by atoms with E-state index < -0.39 is 0 Å². The molecule has 2 heterocycles. The number of imidazole rings is 1. The summed E-state index contributed by atoms with van der Waals surface area (Å²) in [7, 11) is 0. The largest absolute Gasteiger partial charge is 0.450 e. The van der Waals surface area contributed by atoms with E-state index in [0.29, 0.717) is 45.8 Å². The molecule has 2 amide bonds. The molecule has 1 fully saturated rings. The number of hydrogen-bond acceptors (Lipinski definition) is 4. The van der Waals surface area contributed by atoms with Gasteiger partial charge >= 0.3 is 6.09 Å². The van der Waals surface area contributed by atoms with Crippen LogP contribution in [0.2, 0.25) is 0 Å². The molecule has 0 N–H and O–H groups in total. The molecule has 0 atom stereocenters. The molecule has 0 saturated carbocycles. The van der Waals surface area contributed by atoms with Gasteiger partial charge in [-0.1, -0.05) is 12.1 Å². The number of fused-ring (bicyclic) bond motifs is 1. The summed E-state index contributed by atoms with van der Waals surface area (Å²) >= 11 is 0. The van der Waals surface area contributed by atoms with Crippen LogP contribution in [0.4, 0.5) is 4.79 Å².